The number of aryl methyl sites for hydroxylation is 1. The molecular weight excluding hydrogens is 310 g/mol. The van der Waals surface area contributed by atoms with Gasteiger partial charge >= 0.3 is 0 Å². The van der Waals surface area contributed by atoms with Crippen LogP contribution in [0, 0.1) is 6.92 Å². The second kappa shape index (κ2) is 6.89. The molecule has 2 atom stereocenters. The first-order valence-electron chi connectivity index (χ1n) is 8.14. The molecule has 0 N–H and O–H groups in total. The maximum Gasteiger partial charge on any atom is 0.135 e. The molecule has 2 aromatic heterocycles. The Hall–Kier alpha value is -1.59. The molecule has 1 aliphatic rings. The predicted octanol–water partition coefficient (Wildman–Crippen LogP) is 3.48. The maximum atomic E-state index is 6.24. The van der Waals surface area contributed by atoms with Crippen molar-refractivity contribution in [2.45, 2.75) is 45.6 Å². The van der Waals surface area contributed by atoms with Crippen molar-refractivity contribution < 1.29 is 0 Å². The first-order chi connectivity index (χ1) is 11.1. The second-order valence-corrected chi connectivity index (χ2v) is 6.58. The average Bonchev–Trinajstić information content (AvgIpc) is 2.54. The summed E-state index contributed by atoms with van der Waals surface area (Å²) in [6.07, 6.45) is 5.70. The maximum absolute atomic E-state index is 6.24. The summed E-state index contributed by atoms with van der Waals surface area (Å²) in [7, 11) is 0. The summed E-state index contributed by atoms with van der Waals surface area (Å²) in [5.41, 5.74) is 2.35. The largest absolute Gasteiger partial charge is 0.300 e. The SMILES string of the molecule is CCN1C[C@H](c2nc(Cl)cc(-c3cncc(C)n3)n2)CC[C@@H]1C. The van der Waals surface area contributed by atoms with Gasteiger partial charge in [-0.2, -0.15) is 0 Å². The minimum absolute atomic E-state index is 0.321. The Balaban J connectivity index is 1.92. The van der Waals surface area contributed by atoms with Crippen LogP contribution in [0.3, 0.4) is 0 Å². The Morgan fingerprint density at radius 1 is 1.17 bits per heavy atom. The Kier molecular flexibility index (Phi) is 4.87. The number of nitrogens with zero attached hydrogens (tertiary/aromatic N) is 5. The molecule has 23 heavy (non-hydrogen) atoms. The summed E-state index contributed by atoms with van der Waals surface area (Å²) in [6.45, 7) is 8.44. The number of rotatable bonds is 3. The van der Waals surface area contributed by atoms with Crippen molar-refractivity contribution in [2.75, 3.05) is 13.1 Å². The van der Waals surface area contributed by atoms with Gasteiger partial charge in [-0.25, -0.2) is 15.0 Å². The first-order valence-corrected chi connectivity index (χ1v) is 8.52. The molecule has 0 radical (unpaired) electrons. The van der Waals surface area contributed by atoms with Crippen LogP contribution in [-0.2, 0) is 0 Å². The number of likely N-dealkylation sites (tertiary alicyclic amines) is 1. The summed E-state index contributed by atoms with van der Waals surface area (Å²) in [6, 6.07) is 2.38. The lowest BCUT2D eigenvalue weighted by atomic mass is 9.92. The fraction of sp³-hybridized carbons (Fsp3) is 0.529. The van der Waals surface area contributed by atoms with E-state index in [-0.39, 0.29) is 0 Å². The molecule has 6 heteroatoms. The van der Waals surface area contributed by atoms with Crippen LogP contribution in [0.1, 0.15) is 44.1 Å². The Labute approximate surface area is 142 Å². The summed E-state index contributed by atoms with van der Waals surface area (Å²) < 4.78 is 0. The number of hydrogen-bond donors (Lipinski definition) is 0. The molecule has 5 nitrogen and oxygen atoms in total. The predicted molar refractivity (Wildman–Crippen MR) is 91.5 cm³/mol. The van der Waals surface area contributed by atoms with Crippen molar-refractivity contribution in [3.63, 3.8) is 0 Å². The molecule has 122 valence electrons. The molecule has 0 spiro atoms. The first kappa shape index (κ1) is 16.3. The van der Waals surface area contributed by atoms with Gasteiger partial charge in [-0.1, -0.05) is 18.5 Å². The third-order valence-electron chi connectivity index (χ3n) is 4.51. The summed E-state index contributed by atoms with van der Waals surface area (Å²) in [4.78, 5) is 20.4. The van der Waals surface area contributed by atoms with Gasteiger partial charge in [0.1, 0.15) is 16.7 Å². The molecule has 0 aromatic carbocycles. The van der Waals surface area contributed by atoms with E-state index in [0.717, 1.165) is 48.8 Å². The number of piperidine rings is 1. The Morgan fingerprint density at radius 2 is 2.00 bits per heavy atom. The Morgan fingerprint density at radius 3 is 2.74 bits per heavy atom. The molecule has 0 aliphatic carbocycles. The van der Waals surface area contributed by atoms with Gasteiger partial charge in [0, 0.05) is 30.8 Å². The van der Waals surface area contributed by atoms with E-state index in [1.54, 1.807) is 18.5 Å². The van der Waals surface area contributed by atoms with E-state index in [2.05, 4.69) is 33.7 Å². The molecule has 3 rings (SSSR count). The van der Waals surface area contributed by atoms with Crippen LogP contribution in [0.5, 0.6) is 0 Å². The lowest BCUT2D eigenvalue weighted by Gasteiger charge is -2.36. The lowest BCUT2D eigenvalue weighted by Crippen LogP contribution is -2.41. The van der Waals surface area contributed by atoms with Gasteiger partial charge in [0.25, 0.3) is 0 Å². The van der Waals surface area contributed by atoms with Crippen molar-refractivity contribution in [1.82, 2.24) is 24.8 Å². The molecular formula is C17H22ClN5. The molecule has 0 bridgehead atoms. The van der Waals surface area contributed by atoms with Crippen LogP contribution in [0.25, 0.3) is 11.4 Å². The number of hydrogen-bond acceptors (Lipinski definition) is 5. The van der Waals surface area contributed by atoms with E-state index in [1.165, 1.54) is 0 Å². The second-order valence-electron chi connectivity index (χ2n) is 6.19. The fourth-order valence-corrected chi connectivity index (χ4v) is 3.36. The zero-order valence-corrected chi connectivity index (χ0v) is 14.6. The third kappa shape index (κ3) is 3.67. The third-order valence-corrected chi connectivity index (χ3v) is 4.71. The molecule has 3 heterocycles. The van der Waals surface area contributed by atoms with Gasteiger partial charge in [0.05, 0.1) is 17.6 Å². The Bertz CT molecular complexity index is 690. The lowest BCUT2D eigenvalue weighted by molar-refractivity contribution is 0.149. The standard InChI is InChI=1S/C17H22ClN5/c1-4-23-10-13(6-5-12(23)3)17-21-14(7-16(18)22-17)15-9-19-8-11(2)20-15/h7-9,12-13H,4-6,10H2,1-3H3/t12-,13+/m0/s1. The molecule has 1 saturated heterocycles. The van der Waals surface area contributed by atoms with E-state index in [4.69, 9.17) is 16.6 Å². The van der Waals surface area contributed by atoms with Crippen molar-refractivity contribution in [2.24, 2.45) is 0 Å². The van der Waals surface area contributed by atoms with E-state index in [9.17, 15) is 0 Å². The van der Waals surface area contributed by atoms with Crippen LogP contribution in [0.15, 0.2) is 18.5 Å². The highest BCUT2D eigenvalue weighted by atomic mass is 35.5. The number of halogens is 1. The molecule has 0 amide bonds. The van der Waals surface area contributed by atoms with E-state index in [1.807, 2.05) is 6.92 Å². The summed E-state index contributed by atoms with van der Waals surface area (Å²) in [5.74, 6) is 1.14. The minimum atomic E-state index is 0.321. The molecule has 0 unspecified atom stereocenters. The smallest absolute Gasteiger partial charge is 0.135 e. The molecule has 1 fully saturated rings. The average molecular weight is 332 g/mol. The topological polar surface area (TPSA) is 54.8 Å². The van der Waals surface area contributed by atoms with Crippen molar-refractivity contribution in [3.05, 3.63) is 35.1 Å². The minimum Gasteiger partial charge on any atom is -0.300 e. The number of likely N-dealkylation sites (N-methyl/N-ethyl adjacent to an activating group) is 1. The van der Waals surface area contributed by atoms with Crippen LogP contribution in [0.4, 0.5) is 0 Å². The number of aromatic nitrogens is 4. The zero-order chi connectivity index (χ0) is 16.4. The van der Waals surface area contributed by atoms with Crippen LogP contribution in [-0.4, -0.2) is 44.0 Å². The normalized spacial score (nSPS) is 22.3. The highest BCUT2D eigenvalue weighted by molar-refractivity contribution is 6.29. The summed E-state index contributed by atoms with van der Waals surface area (Å²) in [5, 5.41) is 0.468. The van der Waals surface area contributed by atoms with Gasteiger partial charge in [-0.15, -0.1) is 0 Å². The van der Waals surface area contributed by atoms with Crippen LogP contribution in [0.2, 0.25) is 5.15 Å². The van der Waals surface area contributed by atoms with Gasteiger partial charge in [-0.3, -0.25) is 4.98 Å². The quantitative estimate of drug-likeness (QED) is 0.806. The molecule has 2 aromatic rings. The zero-order valence-electron chi connectivity index (χ0n) is 13.8. The van der Waals surface area contributed by atoms with Crippen molar-refractivity contribution in [3.8, 4) is 11.4 Å². The van der Waals surface area contributed by atoms with E-state index < -0.39 is 0 Å². The van der Waals surface area contributed by atoms with Gasteiger partial charge < -0.3 is 4.90 Å². The fourth-order valence-electron chi connectivity index (χ4n) is 3.17. The van der Waals surface area contributed by atoms with Gasteiger partial charge in [-0.05, 0) is 33.2 Å². The van der Waals surface area contributed by atoms with Crippen molar-refractivity contribution >= 4 is 11.6 Å². The van der Waals surface area contributed by atoms with Crippen molar-refractivity contribution in [1.29, 1.82) is 0 Å². The van der Waals surface area contributed by atoms with E-state index >= 15 is 0 Å². The highest BCUT2D eigenvalue weighted by Gasteiger charge is 2.27. The summed E-state index contributed by atoms with van der Waals surface area (Å²) >= 11 is 6.24. The molecule has 1 aliphatic heterocycles. The van der Waals surface area contributed by atoms with E-state index in [0.29, 0.717) is 17.1 Å². The van der Waals surface area contributed by atoms with Gasteiger partial charge in [0.15, 0.2) is 0 Å². The van der Waals surface area contributed by atoms with Gasteiger partial charge in [0.2, 0.25) is 0 Å². The molecule has 0 saturated carbocycles. The van der Waals surface area contributed by atoms with Crippen LogP contribution < -0.4 is 0 Å². The van der Waals surface area contributed by atoms with Crippen LogP contribution >= 0.6 is 11.6 Å². The monoisotopic (exact) mass is 331 g/mol. The highest BCUT2D eigenvalue weighted by Crippen LogP contribution is 2.30.